The van der Waals surface area contributed by atoms with Crippen LogP contribution < -0.4 is 0 Å². The van der Waals surface area contributed by atoms with E-state index in [9.17, 15) is 0 Å². The van der Waals surface area contributed by atoms with Gasteiger partial charge in [-0.25, -0.2) is 0 Å². The Morgan fingerprint density at radius 2 is 2.44 bits per heavy atom. The summed E-state index contributed by atoms with van der Waals surface area (Å²) in [5.41, 5.74) is 1.22. The van der Waals surface area contributed by atoms with Crippen molar-refractivity contribution in [1.82, 2.24) is 0 Å². The summed E-state index contributed by atoms with van der Waals surface area (Å²) in [6, 6.07) is 0. The van der Waals surface area contributed by atoms with Crippen molar-refractivity contribution >= 4 is 27.3 Å². The van der Waals surface area contributed by atoms with Crippen molar-refractivity contribution in [1.29, 1.82) is 0 Å². The Hall–Kier alpha value is 0.140. The van der Waals surface area contributed by atoms with E-state index in [-0.39, 0.29) is 0 Å². The van der Waals surface area contributed by atoms with Crippen LogP contribution in [0, 0.1) is 0 Å². The molecule has 1 rings (SSSR count). The molecule has 0 spiro atoms. The molecule has 0 aliphatic rings. The Balaban J connectivity index is 2.69. The van der Waals surface area contributed by atoms with Crippen LogP contribution in [0.1, 0.15) is 5.56 Å². The zero-order valence-corrected chi connectivity index (χ0v) is 7.46. The molecular formula is C6H7BrOS. The number of hydrogen-bond donors (Lipinski definition) is 0. The highest BCUT2D eigenvalue weighted by Crippen LogP contribution is 2.21. The Bertz CT molecular complexity index is 185. The summed E-state index contributed by atoms with van der Waals surface area (Å²) in [7, 11) is 1.70. The molecule has 0 aliphatic heterocycles. The predicted octanol–water partition coefficient (Wildman–Crippen LogP) is 2.66. The molecule has 0 radical (unpaired) electrons. The van der Waals surface area contributed by atoms with E-state index in [2.05, 4.69) is 21.3 Å². The molecule has 0 bridgehead atoms. The maximum Gasteiger partial charge on any atom is 0.0732 e. The lowest BCUT2D eigenvalue weighted by Gasteiger charge is -1.93. The van der Waals surface area contributed by atoms with Gasteiger partial charge in [-0.15, -0.1) is 0 Å². The highest BCUT2D eigenvalue weighted by Gasteiger charge is 1.97. The molecule has 0 N–H and O–H groups in total. The summed E-state index contributed by atoms with van der Waals surface area (Å²) in [5, 5.41) is 4.13. The van der Waals surface area contributed by atoms with E-state index in [1.165, 1.54) is 5.56 Å². The van der Waals surface area contributed by atoms with Crippen molar-refractivity contribution in [2.75, 3.05) is 7.11 Å². The zero-order chi connectivity index (χ0) is 6.69. The molecule has 1 nitrogen and oxygen atoms in total. The van der Waals surface area contributed by atoms with Crippen LogP contribution in [0.5, 0.6) is 0 Å². The van der Waals surface area contributed by atoms with Crippen LogP contribution in [-0.2, 0) is 11.3 Å². The normalized spacial score (nSPS) is 10.0. The van der Waals surface area contributed by atoms with Crippen molar-refractivity contribution in [2.24, 2.45) is 0 Å². The van der Waals surface area contributed by atoms with Gasteiger partial charge in [-0.2, -0.15) is 11.3 Å². The average Bonchev–Trinajstić information content (AvgIpc) is 2.18. The second kappa shape index (κ2) is 3.34. The van der Waals surface area contributed by atoms with Crippen LogP contribution in [0.3, 0.4) is 0 Å². The number of hydrogen-bond acceptors (Lipinski definition) is 2. The molecule has 1 aromatic heterocycles. The van der Waals surface area contributed by atoms with Crippen LogP contribution in [0.25, 0.3) is 0 Å². The molecular weight excluding hydrogens is 200 g/mol. The Labute approximate surface area is 66.8 Å². The first kappa shape index (κ1) is 7.25. The molecule has 1 aromatic rings. The molecule has 0 fully saturated rings. The maximum absolute atomic E-state index is 4.94. The molecule has 0 amide bonds. The molecule has 9 heavy (non-hydrogen) atoms. The smallest absolute Gasteiger partial charge is 0.0732 e. The third kappa shape index (κ3) is 1.78. The van der Waals surface area contributed by atoms with Crippen molar-refractivity contribution in [3.8, 4) is 0 Å². The average molecular weight is 207 g/mol. The first-order valence-electron chi connectivity index (χ1n) is 2.54. The van der Waals surface area contributed by atoms with E-state index < -0.39 is 0 Å². The van der Waals surface area contributed by atoms with E-state index >= 15 is 0 Å². The van der Waals surface area contributed by atoms with Crippen molar-refractivity contribution in [3.63, 3.8) is 0 Å². The number of methoxy groups -OCH3 is 1. The molecule has 3 heteroatoms. The minimum Gasteiger partial charge on any atom is -0.380 e. The first-order valence-corrected chi connectivity index (χ1v) is 4.27. The molecule has 0 saturated carbocycles. The van der Waals surface area contributed by atoms with Crippen LogP contribution in [0.4, 0.5) is 0 Å². The van der Waals surface area contributed by atoms with Crippen LogP contribution in [0.2, 0.25) is 0 Å². The fourth-order valence-corrected chi connectivity index (χ4v) is 1.97. The summed E-state index contributed by atoms with van der Waals surface area (Å²) < 4.78 is 6.09. The number of ether oxygens (including phenoxy) is 1. The van der Waals surface area contributed by atoms with Crippen LogP contribution in [-0.4, -0.2) is 7.11 Å². The highest BCUT2D eigenvalue weighted by atomic mass is 79.9. The summed E-state index contributed by atoms with van der Waals surface area (Å²) in [6.07, 6.45) is 0. The predicted molar refractivity (Wildman–Crippen MR) is 42.7 cm³/mol. The van der Waals surface area contributed by atoms with Gasteiger partial charge < -0.3 is 4.74 Å². The van der Waals surface area contributed by atoms with Crippen LogP contribution in [0.15, 0.2) is 15.2 Å². The third-order valence-electron chi connectivity index (χ3n) is 0.988. The minimum absolute atomic E-state index is 0.698. The third-order valence-corrected chi connectivity index (χ3v) is 2.82. The Kier molecular flexibility index (Phi) is 2.69. The van der Waals surface area contributed by atoms with Gasteiger partial charge in [-0.05, 0) is 21.3 Å². The van der Waals surface area contributed by atoms with Gasteiger partial charge in [-0.3, -0.25) is 0 Å². The van der Waals surface area contributed by atoms with Gasteiger partial charge in [0.05, 0.1) is 6.61 Å². The molecule has 0 atom stereocenters. The van der Waals surface area contributed by atoms with Gasteiger partial charge in [-0.1, -0.05) is 0 Å². The molecule has 0 unspecified atom stereocenters. The molecule has 0 saturated heterocycles. The van der Waals surface area contributed by atoms with Gasteiger partial charge in [0.2, 0.25) is 0 Å². The minimum atomic E-state index is 0.698. The highest BCUT2D eigenvalue weighted by molar-refractivity contribution is 9.10. The lowest BCUT2D eigenvalue weighted by Crippen LogP contribution is -1.83. The standard InChI is InChI=1S/C6H7BrOS/c1-8-2-5-3-9-4-6(5)7/h3-4H,2H2,1H3. The van der Waals surface area contributed by atoms with Crippen molar-refractivity contribution < 1.29 is 4.74 Å². The molecule has 50 valence electrons. The number of halogens is 1. The van der Waals surface area contributed by atoms with Gasteiger partial charge in [0.15, 0.2) is 0 Å². The van der Waals surface area contributed by atoms with E-state index in [1.54, 1.807) is 18.4 Å². The zero-order valence-electron chi connectivity index (χ0n) is 5.06. The summed E-state index contributed by atoms with van der Waals surface area (Å²) >= 11 is 5.08. The summed E-state index contributed by atoms with van der Waals surface area (Å²) in [4.78, 5) is 0. The lowest BCUT2D eigenvalue weighted by atomic mass is 10.4. The van der Waals surface area contributed by atoms with Crippen molar-refractivity contribution in [2.45, 2.75) is 6.61 Å². The van der Waals surface area contributed by atoms with E-state index in [4.69, 9.17) is 4.74 Å². The topological polar surface area (TPSA) is 9.23 Å². The number of rotatable bonds is 2. The molecule has 0 aromatic carbocycles. The maximum atomic E-state index is 4.94. The molecule has 1 heterocycles. The SMILES string of the molecule is COCc1cscc1Br. The van der Waals surface area contributed by atoms with Crippen LogP contribution >= 0.6 is 27.3 Å². The molecule has 0 aliphatic carbocycles. The van der Waals surface area contributed by atoms with E-state index in [0.717, 1.165) is 4.47 Å². The quantitative estimate of drug-likeness (QED) is 0.724. The Morgan fingerprint density at radius 3 is 2.89 bits per heavy atom. The van der Waals surface area contributed by atoms with Gasteiger partial charge >= 0.3 is 0 Å². The second-order valence-electron chi connectivity index (χ2n) is 1.68. The van der Waals surface area contributed by atoms with E-state index in [0.29, 0.717) is 6.61 Å². The lowest BCUT2D eigenvalue weighted by molar-refractivity contribution is 0.184. The summed E-state index contributed by atoms with van der Waals surface area (Å²) in [5.74, 6) is 0. The van der Waals surface area contributed by atoms with Crippen molar-refractivity contribution in [3.05, 3.63) is 20.8 Å². The fraction of sp³-hybridized carbons (Fsp3) is 0.333. The number of thiophene rings is 1. The van der Waals surface area contributed by atoms with Gasteiger partial charge in [0.1, 0.15) is 0 Å². The van der Waals surface area contributed by atoms with Gasteiger partial charge in [0, 0.05) is 22.5 Å². The van der Waals surface area contributed by atoms with E-state index in [1.807, 2.05) is 5.38 Å². The second-order valence-corrected chi connectivity index (χ2v) is 3.28. The monoisotopic (exact) mass is 206 g/mol. The van der Waals surface area contributed by atoms with Gasteiger partial charge in [0.25, 0.3) is 0 Å². The summed E-state index contributed by atoms with van der Waals surface area (Å²) in [6.45, 7) is 0.698. The Morgan fingerprint density at radius 1 is 1.67 bits per heavy atom. The first-order chi connectivity index (χ1) is 4.34. The largest absolute Gasteiger partial charge is 0.380 e. The fourth-order valence-electron chi connectivity index (χ4n) is 0.566.